The van der Waals surface area contributed by atoms with Crippen LogP contribution in [0.3, 0.4) is 0 Å². The second kappa shape index (κ2) is 2.73. The smallest absolute Gasteiger partial charge is 0.0446 e. The van der Waals surface area contributed by atoms with Gasteiger partial charge >= 0.3 is 0 Å². The lowest BCUT2D eigenvalue weighted by molar-refractivity contribution is 0.187. The first-order valence-electron chi connectivity index (χ1n) is 3.26. The fourth-order valence-corrected chi connectivity index (χ4v) is 0.906. The van der Waals surface area contributed by atoms with E-state index in [0.29, 0.717) is 6.04 Å². The maximum absolute atomic E-state index is 5.56. The highest BCUT2D eigenvalue weighted by Gasteiger charge is 2.19. The van der Waals surface area contributed by atoms with Gasteiger partial charge in [-0.1, -0.05) is 0 Å². The van der Waals surface area contributed by atoms with Crippen LogP contribution in [0.25, 0.3) is 0 Å². The molecule has 0 bridgehead atoms. The Morgan fingerprint density at radius 2 is 2.11 bits per heavy atom. The first-order chi connectivity index (χ1) is 4.34. The first kappa shape index (κ1) is 6.42. The van der Waals surface area contributed by atoms with Crippen molar-refractivity contribution in [1.82, 2.24) is 5.01 Å². The van der Waals surface area contributed by atoms with Gasteiger partial charge in [0.1, 0.15) is 0 Å². The molecule has 0 heterocycles. The van der Waals surface area contributed by atoms with Gasteiger partial charge < -0.3 is 10.7 Å². The second-order valence-corrected chi connectivity index (χ2v) is 2.37. The Bertz CT molecular complexity index is 107. The molecule has 0 amide bonds. The molecule has 0 spiro atoms. The van der Waals surface area contributed by atoms with E-state index in [9.17, 15) is 0 Å². The standard InChI is InChI=1S/C6H13N3/c7-4-5-9(8)6-2-1-3-6/h4-6H,1-3,7-8H2/b5-4-. The molecule has 0 aromatic heterocycles. The Kier molecular flexibility index (Phi) is 1.95. The molecule has 9 heavy (non-hydrogen) atoms. The molecule has 1 rings (SSSR count). The third-order valence-electron chi connectivity index (χ3n) is 1.75. The highest BCUT2D eigenvalue weighted by Crippen LogP contribution is 2.22. The fraction of sp³-hybridized carbons (Fsp3) is 0.667. The SMILES string of the molecule is N/C=C\N(N)C1CCC1. The summed E-state index contributed by atoms with van der Waals surface area (Å²) in [6.45, 7) is 0. The third kappa shape index (κ3) is 1.36. The Balaban J connectivity index is 2.23. The van der Waals surface area contributed by atoms with E-state index in [1.807, 2.05) is 0 Å². The molecule has 1 aliphatic carbocycles. The van der Waals surface area contributed by atoms with Crippen molar-refractivity contribution in [1.29, 1.82) is 0 Å². The van der Waals surface area contributed by atoms with E-state index >= 15 is 0 Å². The Hall–Kier alpha value is -0.700. The largest absolute Gasteiger partial charge is 0.403 e. The number of hydrogen-bond donors (Lipinski definition) is 2. The molecule has 4 N–H and O–H groups in total. The molecular formula is C6H13N3. The van der Waals surface area contributed by atoms with E-state index in [4.69, 9.17) is 11.6 Å². The average Bonchev–Trinajstić information content (AvgIpc) is 1.60. The van der Waals surface area contributed by atoms with Crippen LogP contribution in [0.2, 0.25) is 0 Å². The minimum atomic E-state index is 0.546. The zero-order valence-corrected chi connectivity index (χ0v) is 5.46. The van der Waals surface area contributed by atoms with Gasteiger partial charge in [-0.25, -0.2) is 5.84 Å². The third-order valence-corrected chi connectivity index (χ3v) is 1.75. The van der Waals surface area contributed by atoms with E-state index < -0.39 is 0 Å². The van der Waals surface area contributed by atoms with Crippen molar-refractivity contribution in [2.45, 2.75) is 25.3 Å². The first-order valence-corrected chi connectivity index (χ1v) is 3.26. The highest BCUT2D eigenvalue weighted by atomic mass is 15.4. The number of rotatable bonds is 2. The van der Waals surface area contributed by atoms with Gasteiger partial charge in [0, 0.05) is 18.4 Å². The summed E-state index contributed by atoms with van der Waals surface area (Å²) in [6, 6.07) is 0.546. The van der Waals surface area contributed by atoms with Crippen molar-refractivity contribution in [2.75, 3.05) is 0 Å². The molecule has 3 nitrogen and oxygen atoms in total. The minimum absolute atomic E-state index is 0.546. The lowest BCUT2D eigenvalue weighted by Gasteiger charge is -2.32. The van der Waals surface area contributed by atoms with Crippen LogP contribution in [0.15, 0.2) is 12.4 Å². The normalized spacial score (nSPS) is 20.1. The van der Waals surface area contributed by atoms with Gasteiger partial charge in [-0.3, -0.25) is 0 Å². The highest BCUT2D eigenvalue weighted by molar-refractivity contribution is 4.84. The minimum Gasteiger partial charge on any atom is -0.403 e. The van der Waals surface area contributed by atoms with Gasteiger partial charge in [0.05, 0.1) is 0 Å². The van der Waals surface area contributed by atoms with Crippen LogP contribution < -0.4 is 11.6 Å². The number of nitrogens with two attached hydrogens (primary N) is 2. The van der Waals surface area contributed by atoms with E-state index in [1.54, 1.807) is 11.2 Å². The molecule has 0 unspecified atom stereocenters. The second-order valence-electron chi connectivity index (χ2n) is 2.37. The van der Waals surface area contributed by atoms with Gasteiger partial charge in [-0.15, -0.1) is 0 Å². The molecule has 52 valence electrons. The summed E-state index contributed by atoms with van der Waals surface area (Å²) in [6.07, 6.45) is 6.90. The van der Waals surface area contributed by atoms with E-state index in [-0.39, 0.29) is 0 Å². The van der Waals surface area contributed by atoms with Crippen LogP contribution in [-0.4, -0.2) is 11.1 Å². The lowest BCUT2D eigenvalue weighted by Crippen LogP contribution is -2.41. The maximum Gasteiger partial charge on any atom is 0.0446 e. The van der Waals surface area contributed by atoms with Crippen molar-refractivity contribution in [2.24, 2.45) is 11.6 Å². The van der Waals surface area contributed by atoms with Crippen LogP contribution in [0, 0.1) is 0 Å². The number of nitrogens with zero attached hydrogens (tertiary/aromatic N) is 1. The van der Waals surface area contributed by atoms with E-state index in [0.717, 1.165) is 0 Å². The Labute approximate surface area is 55.3 Å². The quantitative estimate of drug-likeness (QED) is 0.410. The van der Waals surface area contributed by atoms with Crippen molar-refractivity contribution < 1.29 is 0 Å². The van der Waals surface area contributed by atoms with Gasteiger partial charge in [0.15, 0.2) is 0 Å². The van der Waals surface area contributed by atoms with Crippen LogP contribution >= 0.6 is 0 Å². The van der Waals surface area contributed by atoms with Crippen molar-refractivity contribution >= 4 is 0 Å². The van der Waals surface area contributed by atoms with Crippen LogP contribution in [0.1, 0.15) is 19.3 Å². The average molecular weight is 127 g/mol. The molecule has 0 aromatic rings. The lowest BCUT2D eigenvalue weighted by atomic mass is 9.93. The number of hydrogen-bond acceptors (Lipinski definition) is 3. The zero-order valence-electron chi connectivity index (χ0n) is 5.46. The molecule has 0 atom stereocenters. The fourth-order valence-electron chi connectivity index (χ4n) is 0.906. The summed E-state index contributed by atoms with van der Waals surface area (Å²) in [4.78, 5) is 0. The van der Waals surface area contributed by atoms with Gasteiger partial charge in [0.2, 0.25) is 0 Å². The van der Waals surface area contributed by atoms with Crippen molar-refractivity contribution in [3.8, 4) is 0 Å². The van der Waals surface area contributed by atoms with Gasteiger partial charge in [-0.05, 0) is 19.3 Å². The predicted molar refractivity (Wildman–Crippen MR) is 37.0 cm³/mol. The van der Waals surface area contributed by atoms with E-state index in [1.165, 1.54) is 25.5 Å². The summed E-state index contributed by atoms with van der Waals surface area (Å²) >= 11 is 0. The van der Waals surface area contributed by atoms with Crippen molar-refractivity contribution in [3.63, 3.8) is 0 Å². The van der Waals surface area contributed by atoms with Gasteiger partial charge in [-0.2, -0.15) is 0 Å². The summed E-state index contributed by atoms with van der Waals surface area (Å²) in [7, 11) is 0. The zero-order chi connectivity index (χ0) is 6.69. The summed E-state index contributed by atoms with van der Waals surface area (Å²) in [5, 5.41) is 1.68. The van der Waals surface area contributed by atoms with E-state index in [2.05, 4.69) is 0 Å². The van der Waals surface area contributed by atoms with Crippen LogP contribution in [0.5, 0.6) is 0 Å². The molecule has 0 saturated heterocycles. The van der Waals surface area contributed by atoms with Crippen molar-refractivity contribution in [3.05, 3.63) is 12.4 Å². The Morgan fingerprint density at radius 1 is 1.44 bits per heavy atom. The monoisotopic (exact) mass is 127 g/mol. The predicted octanol–water partition coefficient (Wildman–Crippen LogP) is 0.144. The molecule has 0 aromatic carbocycles. The molecule has 1 fully saturated rings. The summed E-state index contributed by atoms with van der Waals surface area (Å²) < 4.78 is 0. The van der Waals surface area contributed by atoms with Gasteiger partial charge in [0.25, 0.3) is 0 Å². The molecular weight excluding hydrogens is 114 g/mol. The number of hydrazine groups is 1. The topological polar surface area (TPSA) is 55.3 Å². The Morgan fingerprint density at radius 3 is 2.44 bits per heavy atom. The molecule has 3 heteroatoms. The summed E-state index contributed by atoms with van der Waals surface area (Å²) in [5.74, 6) is 5.56. The van der Waals surface area contributed by atoms with Crippen LogP contribution in [-0.2, 0) is 0 Å². The molecule has 0 aliphatic heterocycles. The molecule has 0 radical (unpaired) electrons. The molecule has 1 saturated carbocycles. The van der Waals surface area contributed by atoms with Crippen LogP contribution in [0.4, 0.5) is 0 Å². The maximum atomic E-state index is 5.56. The summed E-state index contributed by atoms with van der Waals surface area (Å²) in [5.41, 5.74) is 5.14. The molecule has 1 aliphatic rings.